The first-order chi connectivity index (χ1) is 10.5. The van der Waals surface area contributed by atoms with Gasteiger partial charge in [-0.15, -0.1) is 0 Å². The van der Waals surface area contributed by atoms with Gasteiger partial charge in [-0.3, -0.25) is 0 Å². The van der Waals surface area contributed by atoms with Crippen molar-refractivity contribution in [2.45, 2.75) is 51.7 Å². The molecule has 9 nitrogen and oxygen atoms in total. The van der Waals surface area contributed by atoms with Gasteiger partial charge in [0.2, 0.25) is 5.96 Å². The second kappa shape index (κ2) is 8.51. The van der Waals surface area contributed by atoms with Gasteiger partial charge in [-0.2, -0.15) is 0 Å². The van der Waals surface area contributed by atoms with E-state index in [1.807, 2.05) is 0 Å². The van der Waals surface area contributed by atoms with E-state index in [2.05, 4.69) is 10.5 Å². The Labute approximate surface area is 154 Å². The normalized spacial score (nSPS) is 24.0. The van der Waals surface area contributed by atoms with Crippen LogP contribution in [0.3, 0.4) is 0 Å². The Kier molecular flexibility index (Phi) is 7.95. The van der Waals surface area contributed by atoms with Crippen LogP contribution in [0.4, 0.5) is 4.79 Å². The first kappa shape index (κ1) is 22.4. The molecule has 0 heterocycles. The van der Waals surface area contributed by atoms with Crippen LogP contribution in [0.5, 0.6) is 0 Å². The summed E-state index contributed by atoms with van der Waals surface area (Å²) in [6, 6.07) is -0.250. The molecule has 1 rings (SSSR count). The van der Waals surface area contributed by atoms with Crippen LogP contribution < -0.4 is 11.1 Å². The van der Waals surface area contributed by atoms with Crippen molar-refractivity contribution in [1.82, 2.24) is 10.2 Å². The standard InChI is InChI=1S/C14H27N5O4.Ru/c1-13(2,3)23-12(21)17-9-5-6-14(7-9,10(15)20)8-19(4)11(16)18-22;/h9H,5-8H2,1-4H3,(H6,15,16,17,18,20,21,22);/q;+1/p-1/t9?,14-;/m0./s1. The van der Waals surface area contributed by atoms with Gasteiger partial charge in [-0.25, -0.2) is 4.79 Å². The summed E-state index contributed by atoms with van der Waals surface area (Å²) in [4.78, 5) is 25.1. The number of alkyl carbamates (subject to hydrolysis) is 1. The quantitative estimate of drug-likeness (QED) is 0.202. The van der Waals surface area contributed by atoms with E-state index in [0.717, 1.165) is 0 Å². The number of oxime groups is 1. The molecule has 1 aliphatic rings. The van der Waals surface area contributed by atoms with Gasteiger partial charge >= 0.3 is 25.6 Å². The Morgan fingerprint density at radius 3 is 2.54 bits per heavy atom. The molecule has 0 aromatic heterocycles. The van der Waals surface area contributed by atoms with E-state index in [9.17, 15) is 9.59 Å². The molecule has 0 aromatic rings. The summed E-state index contributed by atoms with van der Waals surface area (Å²) in [7, 11) is 1.58. The van der Waals surface area contributed by atoms with E-state index in [1.165, 1.54) is 4.90 Å². The number of guanidine groups is 1. The van der Waals surface area contributed by atoms with Gasteiger partial charge in [0.05, 0.1) is 5.91 Å². The topological polar surface area (TPSA) is 141 Å². The SMILES string of the molecule is CN(C[C@]1(C([NH-])=O)CCC(NC(=O)OC(C)(C)C)C1)/C(N)=N/O.[Ru+]. The van der Waals surface area contributed by atoms with Gasteiger partial charge < -0.3 is 36.4 Å². The molecule has 2 atom stereocenters. The zero-order valence-corrected chi connectivity index (χ0v) is 16.1. The second-order valence-electron chi connectivity index (χ2n) is 7.01. The van der Waals surface area contributed by atoms with Gasteiger partial charge in [-0.05, 0) is 40.0 Å². The van der Waals surface area contributed by atoms with Crippen LogP contribution in [0.2, 0.25) is 0 Å². The third-order valence-corrected chi connectivity index (χ3v) is 3.84. The van der Waals surface area contributed by atoms with Crippen LogP contribution in [0.1, 0.15) is 40.0 Å². The summed E-state index contributed by atoms with van der Waals surface area (Å²) in [5, 5.41) is 14.3. The van der Waals surface area contributed by atoms with Crippen molar-refractivity contribution in [2.75, 3.05) is 13.6 Å². The molecule has 24 heavy (non-hydrogen) atoms. The molecule has 1 aliphatic carbocycles. The van der Waals surface area contributed by atoms with Crippen LogP contribution in [0.25, 0.3) is 5.73 Å². The minimum atomic E-state index is -0.955. The van der Waals surface area contributed by atoms with Crippen LogP contribution in [0, 0.1) is 5.41 Å². The van der Waals surface area contributed by atoms with E-state index < -0.39 is 23.0 Å². The number of carbonyl (C=O) groups excluding carboxylic acids is 2. The van der Waals surface area contributed by atoms with Crippen molar-refractivity contribution in [3.63, 3.8) is 0 Å². The van der Waals surface area contributed by atoms with Crippen LogP contribution in [-0.2, 0) is 29.0 Å². The minimum absolute atomic E-state index is 0. The molecule has 1 fully saturated rings. The largest absolute Gasteiger partial charge is 1.00 e. The number of nitrogens with two attached hydrogens (primary N) is 1. The maximum atomic E-state index is 11.8. The van der Waals surface area contributed by atoms with E-state index in [4.69, 9.17) is 21.4 Å². The van der Waals surface area contributed by atoms with E-state index >= 15 is 0 Å². The molecule has 1 unspecified atom stereocenters. The molecular formula is C14H26N5O4Ru. The third kappa shape index (κ3) is 6.15. The molecule has 0 aliphatic heterocycles. The van der Waals surface area contributed by atoms with E-state index in [0.29, 0.717) is 19.3 Å². The molecule has 0 spiro atoms. The fourth-order valence-corrected chi connectivity index (χ4v) is 2.76. The van der Waals surface area contributed by atoms with Crippen LogP contribution in [0.15, 0.2) is 5.16 Å². The van der Waals surface area contributed by atoms with Gasteiger partial charge in [0.1, 0.15) is 5.60 Å². The number of amides is 2. The number of hydrogen-bond acceptors (Lipinski definition) is 5. The van der Waals surface area contributed by atoms with Crippen molar-refractivity contribution in [3.05, 3.63) is 5.73 Å². The van der Waals surface area contributed by atoms with Gasteiger partial charge in [-0.1, -0.05) is 5.16 Å². The van der Waals surface area contributed by atoms with Crippen molar-refractivity contribution in [1.29, 1.82) is 0 Å². The molecule has 0 saturated heterocycles. The van der Waals surface area contributed by atoms with Crippen LogP contribution in [-0.4, -0.2) is 53.3 Å². The predicted molar refractivity (Wildman–Crippen MR) is 84.8 cm³/mol. The first-order valence-corrected chi connectivity index (χ1v) is 7.43. The molecule has 0 aromatic carbocycles. The van der Waals surface area contributed by atoms with Crippen molar-refractivity contribution in [2.24, 2.45) is 16.3 Å². The van der Waals surface area contributed by atoms with Crippen LogP contribution >= 0.6 is 0 Å². The summed E-state index contributed by atoms with van der Waals surface area (Å²) < 4.78 is 5.20. The number of nitrogens with zero attached hydrogens (tertiary/aromatic N) is 2. The molecule has 0 bridgehead atoms. The number of hydrogen-bond donors (Lipinski definition) is 3. The Bertz CT molecular complexity index is 494. The average molecular weight is 429 g/mol. The molecule has 10 heteroatoms. The monoisotopic (exact) mass is 430 g/mol. The second-order valence-corrected chi connectivity index (χ2v) is 7.01. The molecule has 1 saturated carbocycles. The zero-order valence-electron chi connectivity index (χ0n) is 14.4. The Hall–Kier alpha value is -1.57. The van der Waals surface area contributed by atoms with Crippen molar-refractivity contribution in [3.8, 4) is 0 Å². The van der Waals surface area contributed by atoms with Crippen molar-refractivity contribution < 1.29 is 39.0 Å². The zero-order chi connectivity index (χ0) is 17.8. The summed E-state index contributed by atoms with van der Waals surface area (Å²) in [6.45, 7) is 5.46. The number of rotatable bonds is 4. The van der Waals surface area contributed by atoms with Gasteiger partial charge in [0.15, 0.2) is 0 Å². The summed E-state index contributed by atoms with van der Waals surface area (Å²) >= 11 is 0. The van der Waals surface area contributed by atoms with Crippen molar-refractivity contribution >= 4 is 18.0 Å². The summed E-state index contributed by atoms with van der Waals surface area (Å²) in [5.41, 5.74) is 11.5. The average Bonchev–Trinajstić information content (AvgIpc) is 2.79. The fraction of sp³-hybridized carbons (Fsp3) is 0.786. The Balaban J connectivity index is 0.00000529. The van der Waals surface area contributed by atoms with Gasteiger partial charge in [0.25, 0.3) is 0 Å². The minimum Gasteiger partial charge on any atom is -0.667 e. The predicted octanol–water partition coefficient (Wildman–Crippen LogP) is 1.26. The Morgan fingerprint density at radius 2 is 2.08 bits per heavy atom. The molecule has 1 radical (unpaired) electrons. The maximum absolute atomic E-state index is 11.8. The smallest absolute Gasteiger partial charge is 0.667 e. The number of nitrogens with one attached hydrogen (secondary N) is 2. The van der Waals surface area contributed by atoms with Gasteiger partial charge in [0, 0.05) is 25.0 Å². The third-order valence-electron chi connectivity index (χ3n) is 3.84. The van der Waals surface area contributed by atoms with E-state index in [1.54, 1.807) is 27.8 Å². The molecule has 139 valence electrons. The van der Waals surface area contributed by atoms with E-state index in [-0.39, 0.29) is 38.0 Å². The first-order valence-electron chi connectivity index (χ1n) is 7.43. The molecular weight excluding hydrogens is 403 g/mol. The maximum Gasteiger partial charge on any atom is 1.00 e. The number of carbonyl (C=O) groups is 2. The summed E-state index contributed by atoms with van der Waals surface area (Å²) in [6.07, 6.45) is 0.783. The Morgan fingerprint density at radius 1 is 1.50 bits per heavy atom. The molecule has 5 N–H and O–H groups in total. The summed E-state index contributed by atoms with van der Waals surface area (Å²) in [5.74, 6) is -0.849. The molecule has 2 amide bonds. The fourth-order valence-electron chi connectivity index (χ4n) is 2.76. The number of ether oxygens (including phenoxy) is 1.